The summed E-state index contributed by atoms with van der Waals surface area (Å²) in [5.74, 6) is -0.385. The van der Waals surface area contributed by atoms with Gasteiger partial charge >= 0.3 is 0 Å². The summed E-state index contributed by atoms with van der Waals surface area (Å²) in [5, 5.41) is 3.01. The van der Waals surface area contributed by atoms with Crippen molar-refractivity contribution in [2.75, 3.05) is 6.54 Å². The Bertz CT molecular complexity index is 592. The molecule has 6 heteroatoms. The molecule has 2 N–H and O–H groups in total. The lowest BCUT2D eigenvalue weighted by Gasteiger charge is -2.41. The SMILES string of the molecule is CCNCc1cc(S(=O)(=O)NC2(CC)CCC2)ccc1F. The fourth-order valence-corrected chi connectivity index (χ4v) is 4.17. The Balaban J connectivity index is 2.23. The number of nitrogens with one attached hydrogen (secondary N) is 2. The van der Waals surface area contributed by atoms with Crippen molar-refractivity contribution in [3.63, 3.8) is 0 Å². The molecule has 2 rings (SSSR count). The van der Waals surface area contributed by atoms with Gasteiger partial charge in [-0.05, 0) is 50.4 Å². The van der Waals surface area contributed by atoms with Gasteiger partial charge in [0.1, 0.15) is 5.82 Å². The molecular formula is C15H23FN2O2S. The Morgan fingerprint density at radius 1 is 1.29 bits per heavy atom. The average Bonchev–Trinajstić information content (AvgIpc) is 2.42. The van der Waals surface area contributed by atoms with Crippen LogP contribution in [0.5, 0.6) is 0 Å². The van der Waals surface area contributed by atoms with Gasteiger partial charge in [-0.3, -0.25) is 0 Å². The van der Waals surface area contributed by atoms with Gasteiger partial charge < -0.3 is 5.32 Å². The second-order valence-electron chi connectivity index (χ2n) is 5.63. The Morgan fingerprint density at radius 2 is 2.00 bits per heavy atom. The highest BCUT2D eigenvalue weighted by Crippen LogP contribution is 2.36. The molecule has 0 aliphatic heterocycles. The van der Waals surface area contributed by atoms with Crippen molar-refractivity contribution in [2.24, 2.45) is 0 Å². The van der Waals surface area contributed by atoms with Gasteiger partial charge in [-0.1, -0.05) is 13.8 Å². The maximum absolute atomic E-state index is 13.7. The third-order valence-electron chi connectivity index (χ3n) is 4.23. The molecule has 0 unspecified atom stereocenters. The molecule has 1 aromatic rings. The molecule has 0 heterocycles. The van der Waals surface area contributed by atoms with Crippen molar-refractivity contribution >= 4 is 10.0 Å². The van der Waals surface area contributed by atoms with E-state index in [1.54, 1.807) is 0 Å². The van der Waals surface area contributed by atoms with Gasteiger partial charge in [0.05, 0.1) is 4.90 Å². The van der Waals surface area contributed by atoms with Gasteiger partial charge in [0.25, 0.3) is 0 Å². The van der Waals surface area contributed by atoms with Crippen LogP contribution in [0.2, 0.25) is 0 Å². The van der Waals surface area contributed by atoms with Crippen LogP contribution in [0.4, 0.5) is 4.39 Å². The highest BCUT2D eigenvalue weighted by Gasteiger charge is 2.39. The van der Waals surface area contributed by atoms with Crippen LogP contribution in [0, 0.1) is 5.82 Å². The fraction of sp³-hybridized carbons (Fsp3) is 0.600. The van der Waals surface area contributed by atoms with E-state index in [4.69, 9.17) is 0 Å². The Morgan fingerprint density at radius 3 is 2.52 bits per heavy atom. The summed E-state index contributed by atoms with van der Waals surface area (Å²) in [7, 11) is -3.60. The van der Waals surface area contributed by atoms with Crippen LogP contribution in [0.3, 0.4) is 0 Å². The highest BCUT2D eigenvalue weighted by atomic mass is 32.2. The van der Waals surface area contributed by atoms with Gasteiger partial charge in [0.2, 0.25) is 10.0 Å². The Hall–Kier alpha value is -0.980. The number of halogens is 1. The van der Waals surface area contributed by atoms with Crippen LogP contribution < -0.4 is 10.0 Å². The maximum atomic E-state index is 13.7. The van der Waals surface area contributed by atoms with Crippen LogP contribution >= 0.6 is 0 Å². The lowest BCUT2D eigenvalue weighted by atomic mass is 9.76. The first kappa shape index (κ1) is 16.4. The second-order valence-corrected chi connectivity index (χ2v) is 7.31. The Kier molecular flexibility index (Phi) is 5.01. The summed E-state index contributed by atoms with van der Waals surface area (Å²) >= 11 is 0. The van der Waals surface area contributed by atoms with E-state index in [2.05, 4.69) is 10.0 Å². The first-order valence-corrected chi connectivity index (χ1v) is 8.94. The number of sulfonamides is 1. The molecule has 0 radical (unpaired) electrons. The minimum absolute atomic E-state index is 0.136. The molecule has 118 valence electrons. The van der Waals surface area contributed by atoms with Crippen molar-refractivity contribution < 1.29 is 12.8 Å². The zero-order chi connectivity index (χ0) is 15.5. The van der Waals surface area contributed by atoms with E-state index in [0.717, 1.165) is 25.7 Å². The molecule has 1 saturated carbocycles. The van der Waals surface area contributed by atoms with Crippen molar-refractivity contribution in [1.82, 2.24) is 10.0 Å². The first-order chi connectivity index (χ1) is 9.92. The van der Waals surface area contributed by atoms with E-state index in [1.807, 2.05) is 13.8 Å². The smallest absolute Gasteiger partial charge is 0.241 e. The Labute approximate surface area is 126 Å². The molecule has 0 saturated heterocycles. The van der Waals surface area contributed by atoms with Gasteiger partial charge in [-0.15, -0.1) is 0 Å². The largest absolute Gasteiger partial charge is 0.313 e. The number of hydrogen-bond donors (Lipinski definition) is 2. The van der Waals surface area contributed by atoms with Crippen LogP contribution in [0.15, 0.2) is 23.1 Å². The third-order valence-corrected chi connectivity index (χ3v) is 5.81. The monoisotopic (exact) mass is 314 g/mol. The lowest BCUT2D eigenvalue weighted by Crippen LogP contribution is -2.52. The summed E-state index contributed by atoms with van der Waals surface area (Å²) in [6.45, 7) is 4.93. The molecule has 21 heavy (non-hydrogen) atoms. The average molecular weight is 314 g/mol. The normalized spacial score (nSPS) is 17.5. The maximum Gasteiger partial charge on any atom is 0.241 e. The van der Waals surface area contributed by atoms with Crippen LogP contribution in [-0.4, -0.2) is 20.5 Å². The number of rotatable bonds is 7. The van der Waals surface area contributed by atoms with Gasteiger partial charge in [-0.25, -0.2) is 17.5 Å². The predicted molar refractivity (Wildman–Crippen MR) is 81.0 cm³/mol. The molecule has 1 aromatic carbocycles. The molecule has 0 amide bonds. The molecular weight excluding hydrogens is 291 g/mol. The lowest BCUT2D eigenvalue weighted by molar-refractivity contribution is 0.214. The third kappa shape index (κ3) is 3.62. The summed E-state index contributed by atoms with van der Waals surface area (Å²) < 4.78 is 41.5. The molecule has 0 spiro atoms. The minimum Gasteiger partial charge on any atom is -0.313 e. The minimum atomic E-state index is -3.60. The molecule has 1 aliphatic carbocycles. The van der Waals surface area contributed by atoms with E-state index < -0.39 is 10.0 Å². The summed E-state index contributed by atoms with van der Waals surface area (Å²) in [4.78, 5) is 0.136. The van der Waals surface area contributed by atoms with E-state index in [0.29, 0.717) is 18.7 Å². The van der Waals surface area contributed by atoms with Crippen LogP contribution in [0.25, 0.3) is 0 Å². The summed E-state index contributed by atoms with van der Waals surface area (Å²) in [6, 6.07) is 3.97. The summed E-state index contributed by atoms with van der Waals surface area (Å²) in [6.07, 6.45) is 3.56. The second kappa shape index (κ2) is 6.42. The first-order valence-electron chi connectivity index (χ1n) is 7.45. The van der Waals surface area contributed by atoms with Crippen molar-refractivity contribution in [3.05, 3.63) is 29.6 Å². The molecule has 1 aliphatic rings. The quantitative estimate of drug-likeness (QED) is 0.813. The van der Waals surface area contributed by atoms with E-state index in [9.17, 15) is 12.8 Å². The molecule has 4 nitrogen and oxygen atoms in total. The topological polar surface area (TPSA) is 58.2 Å². The van der Waals surface area contributed by atoms with Crippen LogP contribution in [-0.2, 0) is 16.6 Å². The zero-order valence-corrected chi connectivity index (χ0v) is 13.4. The van der Waals surface area contributed by atoms with Gasteiger partial charge in [0, 0.05) is 17.6 Å². The van der Waals surface area contributed by atoms with Gasteiger partial charge in [0.15, 0.2) is 0 Å². The fourth-order valence-electron chi connectivity index (χ4n) is 2.59. The van der Waals surface area contributed by atoms with E-state index >= 15 is 0 Å². The number of hydrogen-bond acceptors (Lipinski definition) is 3. The summed E-state index contributed by atoms with van der Waals surface area (Å²) in [5.41, 5.74) is 0.0635. The predicted octanol–water partition coefficient (Wildman–Crippen LogP) is 2.55. The number of benzene rings is 1. The molecule has 0 atom stereocenters. The van der Waals surface area contributed by atoms with Crippen molar-refractivity contribution in [1.29, 1.82) is 0 Å². The van der Waals surface area contributed by atoms with E-state index in [-0.39, 0.29) is 16.3 Å². The molecule has 0 bridgehead atoms. The highest BCUT2D eigenvalue weighted by molar-refractivity contribution is 7.89. The van der Waals surface area contributed by atoms with E-state index in [1.165, 1.54) is 18.2 Å². The van der Waals surface area contributed by atoms with Crippen LogP contribution in [0.1, 0.15) is 45.1 Å². The molecule has 0 aromatic heterocycles. The molecule has 1 fully saturated rings. The zero-order valence-electron chi connectivity index (χ0n) is 12.6. The van der Waals surface area contributed by atoms with Gasteiger partial charge in [-0.2, -0.15) is 0 Å². The standard InChI is InChI=1S/C15H23FN2O2S/c1-3-15(8-5-9-15)18-21(19,20)13-6-7-14(16)12(10-13)11-17-4-2/h6-7,10,17-18H,3-5,8-9,11H2,1-2H3. The van der Waals surface area contributed by atoms with Crippen molar-refractivity contribution in [2.45, 2.75) is 56.5 Å². The van der Waals surface area contributed by atoms with Crippen molar-refractivity contribution in [3.8, 4) is 0 Å².